The molecule has 3 nitrogen and oxygen atoms in total. The van der Waals surface area contributed by atoms with E-state index in [1.165, 1.54) is 0 Å². The molecule has 19 heavy (non-hydrogen) atoms. The third kappa shape index (κ3) is 3.95. The number of piperidine rings is 1. The van der Waals surface area contributed by atoms with Gasteiger partial charge in [0.05, 0.1) is 0 Å². The van der Waals surface area contributed by atoms with Crippen molar-refractivity contribution < 1.29 is 4.79 Å². The highest BCUT2D eigenvalue weighted by Crippen LogP contribution is 2.37. The number of carbonyl (C=O) groups excluding carboxylic acids is 1. The fourth-order valence-electron chi connectivity index (χ4n) is 3.42. The van der Waals surface area contributed by atoms with Gasteiger partial charge in [-0.3, -0.25) is 4.79 Å². The van der Waals surface area contributed by atoms with Gasteiger partial charge in [-0.15, -0.1) is 0 Å². The Bertz CT molecular complexity index is 276. The van der Waals surface area contributed by atoms with Gasteiger partial charge in [0.25, 0.3) is 0 Å². The maximum absolute atomic E-state index is 12.9. The molecule has 0 bridgehead atoms. The molecule has 0 unspecified atom stereocenters. The minimum Gasteiger partial charge on any atom is -0.342 e. The number of nitrogens with zero attached hydrogens (tertiary/aromatic N) is 1. The third-order valence-corrected chi connectivity index (χ3v) is 4.84. The highest BCUT2D eigenvalue weighted by Gasteiger charge is 2.39. The van der Waals surface area contributed by atoms with Gasteiger partial charge in [0.1, 0.15) is 0 Å². The number of rotatable bonds is 6. The summed E-state index contributed by atoms with van der Waals surface area (Å²) in [6.07, 6.45) is 5.07. The van der Waals surface area contributed by atoms with Crippen LogP contribution in [0.3, 0.4) is 0 Å². The second-order valence-electron chi connectivity index (χ2n) is 6.56. The molecule has 0 aromatic carbocycles. The van der Waals surface area contributed by atoms with Crippen molar-refractivity contribution in [1.29, 1.82) is 0 Å². The van der Waals surface area contributed by atoms with Gasteiger partial charge in [0, 0.05) is 18.5 Å². The van der Waals surface area contributed by atoms with Crippen molar-refractivity contribution in [2.75, 3.05) is 19.6 Å². The van der Waals surface area contributed by atoms with Gasteiger partial charge in [0.2, 0.25) is 5.91 Å². The summed E-state index contributed by atoms with van der Waals surface area (Å²) in [5, 5.41) is 0. The summed E-state index contributed by atoms with van der Waals surface area (Å²) >= 11 is 0. The fraction of sp³-hybridized carbons (Fsp3) is 0.938. The van der Waals surface area contributed by atoms with Crippen LogP contribution in [0.25, 0.3) is 0 Å². The van der Waals surface area contributed by atoms with Crippen LogP contribution in [0.4, 0.5) is 0 Å². The fourth-order valence-corrected chi connectivity index (χ4v) is 3.42. The van der Waals surface area contributed by atoms with Crippen LogP contribution in [0, 0.1) is 17.3 Å². The Balaban J connectivity index is 2.72. The van der Waals surface area contributed by atoms with Crippen molar-refractivity contribution >= 4 is 5.91 Å². The summed E-state index contributed by atoms with van der Waals surface area (Å²) in [7, 11) is 0. The van der Waals surface area contributed by atoms with E-state index in [4.69, 9.17) is 5.73 Å². The molecule has 0 aromatic rings. The lowest BCUT2D eigenvalue weighted by atomic mass is 9.74. The lowest BCUT2D eigenvalue weighted by molar-refractivity contribution is -0.145. The molecule has 1 saturated heterocycles. The van der Waals surface area contributed by atoms with E-state index in [1.807, 2.05) is 0 Å². The largest absolute Gasteiger partial charge is 0.342 e. The van der Waals surface area contributed by atoms with Crippen molar-refractivity contribution in [3.05, 3.63) is 0 Å². The van der Waals surface area contributed by atoms with E-state index in [9.17, 15) is 4.79 Å². The molecule has 1 fully saturated rings. The van der Waals surface area contributed by atoms with Crippen LogP contribution in [0.2, 0.25) is 0 Å². The second-order valence-corrected chi connectivity index (χ2v) is 6.56. The quantitative estimate of drug-likeness (QED) is 0.805. The molecule has 0 radical (unpaired) electrons. The van der Waals surface area contributed by atoms with Crippen molar-refractivity contribution in [1.82, 2.24) is 4.90 Å². The first-order chi connectivity index (χ1) is 8.99. The van der Waals surface area contributed by atoms with Crippen LogP contribution in [0.15, 0.2) is 0 Å². The summed E-state index contributed by atoms with van der Waals surface area (Å²) < 4.78 is 0. The van der Waals surface area contributed by atoms with Crippen LogP contribution in [0.5, 0.6) is 0 Å². The van der Waals surface area contributed by atoms with E-state index in [2.05, 4.69) is 32.6 Å². The molecule has 1 aliphatic heterocycles. The van der Waals surface area contributed by atoms with Crippen LogP contribution in [0.1, 0.15) is 59.8 Å². The van der Waals surface area contributed by atoms with Crippen LogP contribution >= 0.6 is 0 Å². The Hall–Kier alpha value is -0.570. The summed E-state index contributed by atoms with van der Waals surface area (Å²) in [4.78, 5) is 15.0. The topological polar surface area (TPSA) is 46.3 Å². The van der Waals surface area contributed by atoms with E-state index in [1.54, 1.807) is 0 Å². The Kier molecular flexibility index (Phi) is 6.31. The summed E-state index contributed by atoms with van der Waals surface area (Å²) in [6, 6.07) is 0. The maximum Gasteiger partial charge on any atom is 0.228 e. The van der Waals surface area contributed by atoms with Crippen molar-refractivity contribution in [2.24, 2.45) is 23.0 Å². The first-order valence-electron chi connectivity index (χ1n) is 7.98. The van der Waals surface area contributed by atoms with Gasteiger partial charge < -0.3 is 10.6 Å². The average molecular weight is 268 g/mol. The number of likely N-dealkylation sites (tertiary alicyclic amines) is 1. The Labute approximate surface area is 118 Å². The van der Waals surface area contributed by atoms with E-state index < -0.39 is 0 Å². The molecule has 0 atom stereocenters. The zero-order valence-corrected chi connectivity index (χ0v) is 13.2. The average Bonchev–Trinajstić information content (AvgIpc) is 2.44. The highest BCUT2D eigenvalue weighted by molar-refractivity contribution is 5.82. The number of hydrogen-bond donors (Lipinski definition) is 1. The molecule has 1 rings (SSSR count). The second kappa shape index (κ2) is 7.28. The SMILES string of the molecule is CCC(CC)(CC(C)C)C(=O)N1CCC(CN)CC1. The Morgan fingerprint density at radius 1 is 1.26 bits per heavy atom. The normalized spacial score (nSPS) is 18.1. The van der Waals surface area contributed by atoms with Crippen molar-refractivity contribution in [2.45, 2.75) is 59.8 Å². The van der Waals surface area contributed by atoms with Gasteiger partial charge in [-0.1, -0.05) is 27.7 Å². The minimum absolute atomic E-state index is 0.135. The maximum atomic E-state index is 12.9. The number of carbonyl (C=O) groups is 1. The van der Waals surface area contributed by atoms with Gasteiger partial charge >= 0.3 is 0 Å². The molecule has 0 spiro atoms. The van der Waals surface area contributed by atoms with Gasteiger partial charge in [-0.05, 0) is 50.5 Å². The molecule has 1 heterocycles. The third-order valence-electron chi connectivity index (χ3n) is 4.84. The summed E-state index contributed by atoms with van der Waals surface area (Å²) in [6.45, 7) is 11.3. The first-order valence-corrected chi connectivity index (χ1v) is 7.98. The zero-order chi connectivity index (χ0) is 14.5. The van der Waals surface area contributed by atoms with Crippen molar-refractivity contribution in [3.63, 3.8) is 0 Å². The van der Waals surface area contributed by atoms with E-state index in [0.29, 0.717) is 17.7 Å². The molecule has 0 aliphatic carbocycles. The number of nitrogens with two attached hydrogens (primary N) is 1. The monoisotopic (exact) mass is 268 g/mol. The standard InChI is InChI=1S/C16H32N2O/c1-5-16(6-2,11-13(3)4)15(19)18-9-7-14(12-17)8-10-18/h13-14H,5-12,17H2,1-4H3. The molecule has 2 N–H and O–H groups in total. The Morgan fingerprint density at radius 2 is 1.79 bits per heavy atom. The predicted octanol–water partition coefficient (Wildman–Crippen LogP) is 3.04. The van der Waals surface area contributed by atoms with E-state index in [0.717, 1.165) is 51.7 Å². The lowest BCUT2D eigenvalue weighted by Crippen LogP contribution is -2.48. The minimum atomic E-state index is -0.135. The van der Waals surface area contributed by atoms with Gasteiger partial charge in [0.15, 0.2) is 0 Å². The molecular weight excluding hydrogens is 236 g/mol. The molecule has 3 heteroatoms. The highest BCUT2D eigenvalue weighted by atomic mass is 16.2. The molecule has 112 valence electrons. The van der Waals surface area contributed by atoms with Gasteiger partial charge in [-0.2, -0.15) is 0 Å². The lowest BCUT2D eigenvalue weighted by Gasteiger charge is -2.40. The van der Waals surface area contributed by atoms with Crippen LogP contribution in [-0.4, -0.2) is 30.4 Å². The first kappa shape index (κ1) is 16.5. The molecular formula is C16H32N2O. The van der Waals surface area contributed by atoms with E-state index >= 15 is 0 Å². The van der Waals surface area contributed by atoms with Crippen LogP contribution in [-0.2, 0) is 4.79 Å². The molecule has 1 amide bonds. The summed E-state index contributed by atoms with van der Waals surface area (Å²) in [5.41, 5.74) is 5.59. The Morgan fingerprint density at radius 3 is 2.16 bits per heavy atom. The number of hydrogen-bond acceptors (Lipinski definition) is 2. The van der Waals surface area contributed by atoms with E-state index in [-0.39, 0.29) is 5.41 Å². The smallest absolute Gasteiger partial charge is 0.228 e. The van der Waals surface area contributed by atoms with Crippen molar-refractivity contribution in [3.8, 4) is 0 Å². The zero-order valence-electron chi connectivity index (χ0n) is 13.2. The summed E-state index contributed by atoms with van der Waals surface area (Å²) in [5.74, 6) is 1.58. The predicted molar refractivity (Wildman–Crippen MR) is 80.8 cm³/mol. The number of amides is 1. The molecule has 1 aliphatic rings. The molecule has 0 saturated carbocycles. The van der Waals surface area contributed by atoms with Gasteiger partial charge in [-0.25, -0.2) is 0 Å². The van der Waals surface area contributed by atoms with Crippen LogP contribution < -0.4 is 5.73 Å². The molecule has 0 aromatic heterocycles.